The van der Waals surface area contributed by atoms with Gasteiger partial charge in [-0.3, -0.25) is 4.79 Å². The van der Waals surface area contributed by atoms with Gasteiger partial charge in [0.2, 0.25) is 5.16 Å². The summed E-state index contributed by atoms with van der Waals surface area (Å²) in [7, 11) is 0. The number of Topliss-reactive ketones (excluding diaryl/α,β-unsaturated/α-hetero) is 1. The van der Waals surface area contributed by atoms with Crippen LogP contribution in [0.2, 0.25) is 0 Å². The van der Waals surface area contributed by atoms with Crippen LogP contribution in [-0.4, -0.2) is 38.8 Å². The molecule has 3 heterocycles. The molecule has 0 unspecified atom stereocenters. The molecule has 0 saturated carbocycles. The molecule has 8 heteroatoms. The van der Waals surface area contributed by atoms with Crippen LogP contribution >= 0.6 is 23.5 Å². The van der Waals surface area contributed by atoms with Crippen LogP contribution in [0, 0.1) is 13.8 Å². The third-order valence-corrected chi connectivity index (χ3v) is 8.16. The highest BCUT2D eigenvalue weighted by atomic mass is 32.2. The first kappa shape index (κ1) is 21.6. The van der Waals surface area contributed by atoms with Gasteiger partial charge >= 0.3 is 0 Å². The zero-order valence-electron chi connectivity index (χ0n) is 18.4. The Kier molecular flexibility index (Phi) is 6.01. The number of benzene rings is 2. The molecule has 2 aliphatic rings. The van der Waals surface area contributed by atoms with Gasteiger partial charge < -0.3 is 10.2 Å². The minimum Gasteiger partial charge on any atom is -0.370 e. The van der Waals surface area contributed by atoms with Crippen molar-refractivity contribution in [3.63, 3.8) is 0 Å². The van der Waals surface area contributed by atoms with E-state index in [4.69, 9.17) is 4.74 Å². The summed E-state index contributed by atoms with van der Waals surface area (Å²) in [6.45, 7) is 4.85. The molecule has 1 aromatic heterocycles. The average molecular weight is 467 g/mol. The van der Waals surface area contributed by atoms with E-state index in [1.807, 2.05) is 29.8 Å². The highest BCUT2D eigenvalue weighted by molar-refractivity contribution is 8.00. The summed E-state index contributed by atoms with van der Waals surface area (Å²) in [4.78, 5) is 14.9. The third-order valence-electron chi connectivity index (χ3n) is 6.20. The molecule has 1 fully saturated rings. The number of fused-ring (bicyclic) bond motifs is 1. The molecule has 0 spiro atoms. The zero-order valence-corrected chi connectivity index (χ0v) is 20.0. The van der Waals surface area contributed by atoms with Gasteiger partial charge in [0.15, 0.2) is 11.6 Å². The molecule has 6 nitrogen and oxygen atoms in total. The summed E-state index contributed by atoms with van der Waals surface area (Å²) in [5.74, 6) is 0.880. The molecule has 5 rings (SSSR count). The molecule has 2 aromatic carbocycles. The predicted octanol–water partition coefficient (Wildman–Crippen LogP) is 5.11. The Labute approximate surface area is 196 Å². The smallest absolute Gasteiger partial charge is 0.210 e. The van der Waals surface area contributed by atoms with Crippen molar-refractivity contribution in [1.82, 2.24) is 14.9 Å². The Bertz CT molecular complexity index is 1140. The average Bonchev–Trinajstić information content (AvgIpc) is 3.49. The van der Waals surface area contributed by atoms with Gasteiger partial charge in [-0.25, -0.2) is 4.68 Å². The lowest BCUT2D eigenvalue weighted by Gasteiger charge is -2.33. The molecule has 3 aromatic rings. The number of ether oxygens (including phenoxy) is 1. The minimum absolute atomic E-state index is 0.0594. The molecular formula is C24H26N4O2S2. The van der Waals surface area contributed by atoms with Gasteiger partial charge in [0.25, 0.3) is 0 Å². The van der Waals surface area contributed by atoms with Crippen LogP contribution in [0.5, 0.6) is 0 Å². The fourth-order valence-electron chi connectivity index (χ4n) is 4.18. The van der Waals surface area contributed by atoms with E-state index in [2.05, 4.69) is 53.1 Å². The number of rotatable bonds is 5. The van der Waals surface area contributed by atoms with Crippen LogP contribution < -0.4 is 5.43 Å². The second-order valence-corrected chi connectivity index (χ2v) is 10.2. The van der Waals surface area contributed by atoms with Crippen molar-refractivity contribution in [3.8, 4) is 0 Å². The van der Waals surface area contributed by atoms with Crippen molar-refractivity contribution in [2.45, 2.75) is 54.1 Å². The van der Waals surface area contributed by atoms with Gasteiger partial charge in [0.05, 0.1) is 6.04 Å². The molecular weight excluding hydrogens is 440 g/mol. The van der Waals surface area contributed by atoms with E-state index in [1.165, 1.54) is 22.2 Å². The maximum atomic E-state index is 13.7. The molecule has 0 radical (unpaired) electrons. The molecule has 3 atom stereocenters. The number of carbonyl (C=O) groups excluding carboxylic acids is 1. The van der Waals surface area contributed by atoms with E-state index >= 15 is 0 Å². The third kappa shape index (κ3) is 3.95. The van der Waals surface area contributed by atoms with Crippen molar-refractivity contribution in [2.75, 3.05) is 18.3 Å². The molecule has 1 saturated heterocycles. The number of hydrogen-bond acceptors (Lipinski definition) is 7. The van der Waals surface area contributed by atoms with Crippen LogP contribution in [0.3, 0.4) is 0 Å². The number of hydrogen-bond donors (Lipinski definition) is 1. The van der Waals surface area contributed by atoms with Crippen molar-refractivity contribution in [1.29, 1.82) is 0 Å². The normalized spacial score (nSPS) is 22.4. The summed E-state index contributed by atoms with van der Waals surface area (Å²) in [6, 6.07) is 14.1. The maximum Gasteiger partial charge on any atom is 0.210 e. The first-order valence-corrected chi connectivity index (χ1v) is 12.9. The molecule has 0 amide bonds. The zero-order chi connectivity index (χ0) is 22.2. The number of aromatic nitrogens is 3. The van der Waals surface area contributed by atoms with E-state index in [-0.39, 0.29) is 23.2 Å². The lowest BCUT2D eigenvalue weighted by molar-refractivity contribution is 0.0974. The van der Waals surface area contributed by atoms with Gasteiger partial charge in [0, 0.05) is 17.1 Å². The number of nitrogens with one attached hydrogen (secondary N) is 1. The number of aryl methyl sites for hydroxylation is 2. The van der Waals surface area contributed by atoms with E-state index in [0.717, 1.165) is 42.0 Å². The molecule has 166 valence electrons. The van der Waals surface area contributed by atoms with Crippen LogP contribution in [-0.2, 0) is 4.74 Å². The lowest BCUT2D eigenvalue weighted by atomic mass is 9.96. The Hall–Kier alpha value is -2.29. The van der Waals surface area contributed by atoms with Crippen molar-refractivity contribution >= 4 is 29.3 Å². The largest absolute Gasteiger partial charge is 0.370 e. The van der Waals surface area contributed by atoms with E-state index in [9.17, 15) is 4.79 Å². The van der Waals surface area contributed by atoms with Crippen LogP contribution in [0.4, 0.5) is 0 Å². The van der Waals surface area contributed by atoms with Crippen LogP contribution in [0.1, 0.15) is 57.9 Å². The topological polar surface area (TPSA) is 69.0 Å². The van der Waals surface area contributed by atoms with E-state index in [0.29, 0.717) is 5.16 Å². The van der Waals surface area contributed by atoms with Gasteiger partial charge in [-0.15, -0.1) is 22.0 Å². The summed E-state index contributed by atoms with van der Waals surface area (Å²) in [5, 5.41) is 9.16. The Balaban J connectivity index is 1.53. The molecule has 1 N–H and O–H groups in total. The Morgan fingerprint density at radius 2 is 1.97 bits per heavy atom. The highest BCUT2D eigenvalue weighted by Crippen LogP contribution is 2.41. The number of ketones is 1. The van der Waals surface area contributed by atoms with Crippen LogP contribution in [0.15, 0.2) is 52.5 Å². The number of nitrogens with zero attached hydrogens (tertiary/aromatic N) is 3. The summed E-state index contributed by atoms with van der Waals surface area (Å²) in [6.07, 6.45) is 3.96. The van der Waals surface area contributed by atoms with E-state index in [1.54, 1.807) is 11.8 Å². The van der Waals surface area contributed by atoms with Gasteiger partial charge in [-0.2, -0.15) is 0 Å². The molecule has 0 aliphatic carbocycles. The molecule has 32 heavy (non-hydrogen) atoms. The number of thioether (sulfide) groups is 2. The maximum absolute atomic E-state index is 13.7. The molecule has 0 bridgehead atoms. The van der Waals surface area contributed by atoms with Gasteiger partial charge in [-0.05, 0) is 67.8 Å². The number of carbonyl (C=O) groups is 1. The first-order chi connectivity index (χ1) is 15.5. The highest BCUT2D eigenvalue weighted by Gasteiger charge is 2.39. The predicted molar refractivity (Wildman–Crippen MR) is 128 cm³/mol. The SMILES string of the molecule is CSc1ccc([C@@H]2Nn3c(nnc3[C@H]3CCCO3)S[C@@H]2C(=O)c2ccc(C)c(C)c2)cc1. The first-order valence-electron chi connectivity index (χ1n) is 10.8. The second kappa shape index (κ2) is 8.92. The van der Waals surface area contributed by atoms with Gasteiger partial charge in [-0.1, -0.05) is 36.0 Å². The molecule has 2 aliphatic heterocycles. The summed E-state index contributed by atoms with van der Waals surface area (Å²) >= 11 is 3.19. The van der Waals surface area contributed by atoms with Crippen LogP contribution in [0.25, 0.3) is 0 Å². The fourth-order valence-corrected chi connectivity index (χ4v) is 5.75. The fraction of sp³-hybridized carbons (Fsp3) is 0.375. The minimum atomic E-state index is -0.355. The lowest BCUT2D eigenvalue weighted by Crippen LogP contribution is -2.39. The monoisotopic (exact) mass is 466 g/mol. The van der Waals surface area contributed by atoms with Crippen molar-refractivity contribution in [2.24, 2.45) is 0 Å². The Morgan fingerprint density at radius 3 is 2.66 bits per heavy atom. The summed E-state index contributed by atoms with van der Waals surface area (Å²) in [5.41, 5.74) is 7.66. The van der Waals surface area contributed by atoms with Crippen molar-refractivity contribution < 1.29 is 9.53 Å². The summed E-state index contributed by atoms with van der Waals surface area (Å²) < 4.78 is 7.79. The van der Waals surface area contributed by atoms with Crippen molar-refractivity contribution in [3.05, 3.63) is 70.5 Å². The van der Waals surface area contributed by atoms with Gasteiger partial charge in [0.1, 0.15) is 11.4 Å². The quantitative estimate of drug-likeness (QED) is 0.414. The van der Waals surface area contributed by atoms with E-state index < -0.39 is 0 Å². The standard InChI is InChI=1S/C24H26N4O2S2/c1-14-6-7-17(13-15(14)2)21(29)22-20(16-8-10-18(31-3)11-9-16)27-28-23(19-5-4-12-30-19)25-26-24(28)32-22/h6-11,13,19-20,22,27H,4-5,12H2,1-3H3/t19-,20+,22+/m1/s1. The Morgan fingerprint density at radius 1 is 1.16 bits per heavy atom. The second-order valence-electron chi connectivity index (χ2n) is 8.26.